The molecule has 0 radical (unpaired) electrons. The van der Waals surface area contributed by atoms with Crippen LogP contribution in [0.15, 0.2) is 0 Å². The van der Waals surface area contributed by atoms with Gasteiger partial charge in [-0.1, -0.05) is 13.3 Å². The first-order chi connectivity index (χ1) is 8.10. The number of morpholine rings is 1. The van der Waals surface area contributed by atoms with Gasteiger partial charge >= 0.3 is 5.97 Å². The zero-order valence-electron chi connectivity index (χ0n) is 10.1. The molecule has 6 heteroatoms. The van der Waals surface area contributed by atoms with Gasteiger partial charge in [0.2, 0.25) is 5.91 Å². The van der Waals surface area contributed by atoms with Gasteiger partial charge in [0.25, 0.3) is 0 Å². The molecule has 2 unspecified atom stereocenters. The summed E-state index contributed by atoms with van der Waals surface area (Å²) < 4.78 is 5.08. The Morgan fingerprint density at radius 1 is 1.59 bits per heavy atom. The third-order valence-electron chi connectivity index (χ3n) is 3.11. The first kappa shape index (κ1) is 13.9. The van der Waals surface area contributed by atoms with Crippen molar-refractivity contribution >= 4 is 11.9 Å². The average Bonchev–Trinajstić information content (AvgIpc) is 2.35. The van der Waals surface area contributed by atoms with Crippen LogP contribution in [0, 0.1) is 5.92 Å². The molecule has 1 aliphatic rings. The fourth-order valence-corrected chi connectivity index (χ4v) is 1.87. The van der Waals surface area contributed by atoms with Crippen LogP contribution in [0.25, 0.3) is 0 Å². The van der Waals surface area contributed by atoms with Gasteiger partial charge in [-0.25, -0.2) is 4.79 Å². The van der Waals surface area contributed by atoms with Gasteiger partial charge in [0.05, 0.1) is 13.2 Å². The highest BCUT2D eigenvalue weighted by Gasteiger charge is 2.33. The Labute approximate surface area is 101 Å². The van der Waals surface area contributed by atoms with Gasteiger partial charge < -0.3 is 20.5 Å². The number of carboxylic acid groups (broad SMARTS) is 1. The van der Waals surface area contributed by atoms with Crippen LogP contribution >= 0.6 is 0 Å². The van der Waals surface area contributed by atoms with Crippen molar-refractivity contribution < 1.29 is 19.4 Å². The van der Waals surface area contributed by atoms with E-state index in [9.17, 15) is 9.59 Å². The molecule has 2 atom stereocenters. The van der Waals surface area contributed by atoms with Crippen molar-refractivity contribution in [3.8, 4) is 0 Å². The van der Waals surface area contributed by atoms with Crippen molar-refractivity contribution in [1.82, 2.24) is 4.90 Å². The van der Waals surface area contributed by atoms with Crippen molar-refractivity contribution in [3.63, 3.8) is 0 Å². The molecule has 1 fully saturated rings. The standard InChI is InChI=1S/C11H20N2O4/c1-2-8(6-12)5-10(14)13-3-4-17-7-9(13)11(15)16/h8-9H,2-7,12H2,1H3,(H,15,16). The predicted molar refractivity (Wildman–Crippen MR) is 61.4 cm³/mol. The maximum Gasteiger partial charge on any atom is 0.328 e. The fraction of sp³-hybridized carbons (Fsp3) is 0.818. The number of ether oxygens (including phenoxy) is 1. The molecule has 1 rings (SSSR count). The number of carboxylic acids is 1. The minimum Gasteiger partial charge on any atom is -0.480 e. The van der Waals surface area contributed by atoms with Gasteiger partial charge in [-0.05, 0) is 12.5 Å². The molecular weight excluding hydrogens is 224 g/mol. The summed E-state index contributed by atoms with van der Waals surface area (Å²) in [4.78, 5) is 24.4. The summed E-state index contributed by atoms with van der Waals surface area (Å²) in [5, 5.41) is 9.01. The van der Waals surface area contributed by atoms with E-state index in [1.165, 1.54) is 4.90 Å². The Kier molecular flexibility index (Phi) is 5.37. The second-order valence-electron chi connectivity index (χ2n) is 4.23. The largest absolute Gasteiger partial charge is 0.480 e. The summed E-state index contributed by atoms with van der Waals surface area (Å²) in [7, 11) is 0. The topological polar surface area (TPSA) is 92.9 Å². The smallest absolute Gasteiger partial charge is 0.328 e. The maximum atomic E-state index is 12.0. The summed E-state index contributed by atoms with van der Waals surface area (Å²) >= 11 is 0. The zero-order valence-corrected chi connectivity index (χ0v) is 10.1. The number of rotatable bonds is 5. The second kappa shape index (κ2) is 6.56. The summed E-state index contributed by atoms with van der Waals surface area (Å²) in [6.45, 7) is 3.23. The van der Waals surface area contributed by atoms with Gasteiger partial charge in [-0.2, -0.15) is 0 Å². The molecule has 17 heavy (non-hydrogen) atoms. The van der Waals surface area contributed by atoms with Gasteiger partial charge in [0.15, 0.2) is 6.04 Å². The Bertz CT molecular complexity index is 279. The highest BCUT2D eigenvalue weighted by Crippen LogP contribution is 2.14. The van der Waals surface area contributed by atoms with Crippen LogP contribution in [-0.2, 0) is 14.3 Å². The van der Waals surface area contributed by atoms with Gasteiger partial charge in [0, 0.05) is 13.0 Å². The average molecular weight is 244 g/mol. The number of nitrogens with zero attached hydrogens (tertiary/aromatic N) is 1. The predicted octanol–water partition coefficient (Wildman–Crippen LogP) is -0.327. The quantitative estimate of drug-likeness (QED) is 0.691. The van der Waals surface area contributed by atoms with E-state index < -0.39 is 12.0 Å². The van der Waals surface area contributed by atoms with Crippen molar-refractivity contribution in [3.05, 3.63) is 0 Å². The molecule has 0 aromatic rings. The third-order valence-corrected chi connectivity index (χ3v) is 3.11. The van der Waals surface area contributed by atoms with E-state index in [-0.39, 0.29) is 18.4 Å². The van der Waals surface area contributed by atoms with Crippen molar-refractivity contribution in [1.29, 1.82) is 0 Å². The van der Waals surface area contributed by atoms with Crippen molar-refractivity contribution in [2.75, 3.05) is 26.3 Å². The van der Waals surface area contributed by atoms with Crippen LogP contribution < -0.4 is 5.73 Å². The molecule has 0 aliphatic carbocycles. The first-order valence-electron chi connectivity index (χ1n) is 5.90. The van der Waals surface area contributed by atoms with Gasteiger partial charge in [0.1, 0.15) is 0 Å². The van der Waals surface area contributed by atoms with Crippen LogP contribution in [0.1, 0.15) is 19.8 Å². The minimum absolute atomic E-state index is 0.0699. The van der Waals surface area contributed by atoms with Gasteiger partial charge in [-0.3, -0.25) is 4.79 Å². The number of carbonyl (C=O) groups excluding carboxylic acids is 1. The zero-order chi connectivity index (χ0) is 12.8. The molecule has 98 valence electrons. The number of aliphatic carboxylic acids is 1. The van der Waals surface area contributed by atoms with Crippen LogP contribution in [0.3, 0.4) is 0 Å². The first-order valence-corrected chi connectivity index (χ1v) is 5.90. The summed E-state index contributed by atoms with van der Waals surface area (Å²) in [6.07, 6.45) is 1.14. The Morgan fingerprint density at radius 2 is 2.29 bits per heavy atom. The van der Waals surface area contributed by atoms with E-state index in [0.29, 0.717) is 26.1 Å². The molecular formula is C11H20N2O4. The molecule has 0 bridgehead atoms. The Balaban J connectivity index is 2.61. The molecule has 1 saturated heterocycles. The maximum absolute atomic E-state index is 12.0. The van der Waals surface area contributed by atoms with Crippen molar-refractivity contribution in [2.24, 2.45) is 11.7 Å². The van der Waals surface area contributed by atoms with E-state index in [2.05, 4.69) is 0 Å². The van der Waals surface area contributed by atoms with Crippen LogP contribution in [0.5, 0.6) is 0 Å². The summed E-state index contributed by atoms with van der Waals surface area (Å²) in [5.74, 6) is -1.03. The number of amides is 1. The molecule has 6 nitrogen and oxygen atoms in total. The van der Waals surface area contributed by atoms with Gasteiger partial charge in [-0.15, -0.1) is 0 Å². The molecule has 1 aliphatic heterocycles. The van der Waals surface area contributed by atoms with E-state index in [0.717, 1.165) is 6.42 Å². The van der Waals surface area contributed by atoms with Crippen LogP contribution in [0.2, 0.25) is 0 Å². The number of hydrogen-bond donors (Lipinski definition) is 2. The third kappa shape index (κ3) is 3.67. The molecule has 0 spiro atoms. The van der Waals surface area contributed by atoms with E-state index in [1.807, 2.05) is 6.92 Å². The molecule has 1 heterocycles. The molecule has 0 aromatic carbocycles. The number of nitrogens with two attached hydrogens (primary N) is 1. The monoisotopic (exact) mass is 244 g/mol. The van der Waals surface area contributed by atoms with Crippen LogP contribution in [-0.4, -0.2) is 54.2 Å². The molecule has 3 N–H and O–H groups in total. The number of carbonyl (C=O) groups is 2. The SMILES string of the molecule is CCC(CN)CC(=O)N1CCOCC1C(=O)O. The van der Waals surface area contributed by atoms with E-state index in [1.54, 1.807) is 0 Å². The Hall–Kier alpha value is -1.14. The summed E-state index contributed by atoms with van der Waals surface area (Å²) in [5.41, 5.74) is 5.54. The lowest BCUT2D eigenvalue weighted by molar-refractivity contribution is -0.158. The lowest BCUT2D eigenvalue weighted by atomic mass is 10.0. The second-order valence-corrected chi connectivity index (χ2v) is 4.23. The highest BCUT2D eigenvalue weighted by atomic mass is 16.5. The lowest BCUT2D eigenvalue weighted by Gasteiger charge is -2.33. The van der Waals surface area contributed by atoms with E-state index in [4.69, 9.17) is 15.6 Å². The molecule has 1 amide bonds. The highest BCUT2D eigenvalue weighted by molar-refractivity contribution is 5.84. The van der Waals surface area contributed by atoms with Crippen LogP contribution in [0.4, 0.5) is 0 Å². The fourth-order valence-electron chi connectivity index (χ4n) is 1.87. The molecule has 0 saturated carbocycles. The van der Waals surface area contributed by atoms with Crippen molar-refractivity contribution in [2.45, 2.75) is 25.8 Å². The van der Waals surface area contributed by atoms with E-state index >= 15 is 0 Å². The lowest BCUT2D eigenvalue weighted by Crippen LogP contribution is -2.53. The number of hydrogen-bond acceptors (Lipinski definition) is 4. The normalized spacial score (nSPS) is 22.2. The Morgan fingerprint density at radius 3 is 2.82 bits per heavy atom. The summed E-state index contributed by atoms with van der Waals surface area (Å²) in [6, 6.07) is -0.855. The molecule has 0 aromatic heterocycles. The minimum atomic E-state index is -1.01.